The Morgan fingerprint density at radius 1 is 1.32 bits per heavy atom. The normalized spacial score (nSPS) is 17.0. The Bertz CT molecular complexity index is 1150. The van der Waals surface area contributed by atoms with Crippen LogP contribution in [-0.2, 0) is 11.9 Å². The lowest BCUT2D eigenvalue weighted by Gasteiger charge is -2.36. The summed E-state index contributed by atoms with van der Waals surface area (Å²) >= 11 is 2.48. The van der Waals surface area contributed by atoms with E-state index in [1.807, 2.05) is 13.1 Å². The summed E-state index contributed by atoms with van der Waals surface area (Å²) in [5.74, 6) is 0.253. The number of likely N-dealkylation sites (tertiary alicyclic amines) is 1. The minimum absolute atomic E-state index is 0.0295. The molecule has 7 nitrogen and oxygen atoms in total. The van der Waals surface area contributed by atoms with Crippen LogP contribution in [0.3, 0.4) is 0 Å². The van der Waals surface area contributed by atoms with E-state index in [1.54, 1.807) is 18.3 Å². The van der Waals surface area contributed by atoms with Gasteiger partial charge < -0.3 is 4.90 Å². The van der Waals surface area contributed by atoms with Crippen LogP contribution in [0, 0.1) is 11.3 Å². The number of rotatable bonds is 3. The Morgan fingerprint density at radius 2 is 2.06 bits per heavy atom. The van der Waals surface area contributed by atoms with Gasteiger partial charge >= 0.3 is 6.18 Å². The van der Waals surface area contributed by atoms with Gasteiger partial charge in [0.25, 0.3) is 5.56 Å². The van der Waals surface area contributed by atoms with Crippen LogP contribution in [0.25, 0.3) is 0 Å². The molecule has 0 amide bonds. The fourth-order valence-corrected chi connectivity index (χ4v) is 5.50. The highest BCUT2D eigenvalue weighted by molar-refractivity contribution is 8.38. The number of alkyl halides is 3. The molecule has 1 fully saturated rings. The molecule has 1 aromatic carbocycles. The quantitative estimate of drug-likeness (QED) is 0.686. The van der Waals surface area contributed by atoms with Crippen molar-refractivity contribution in [1.82, 2.24) is 14.7 Å². The molecule has 0 atom stereocenters. The summed E-state index contributed by atoms with van der Waals surface area (Å²) in [6, 6.07) is 5.00. The van der Waals surface area contributed by atoms with Gasteiger partial charge in [-0.05, 0) is 24.7 Å². The maximum absolute atomic E-state index is 13.0. The van der Waals surface area contributed by atoms with Gasteiger partial charge in [0.05, 0.1) is 35.1 Å². The van der Waals surface area contributed by atoms with E-state index < -0.39 is 11.7 Å². The zero-order valence-electron chi connectivity index (χ0n) is 16.5. The molecule has 0 saturated carbocycles. The second kappa shape index (κ2) is 8.22. The van der Waals surface area contributed by atoms with Crippen LogP contribution in [0.2, 0.25) is 0 Å². The Morgan fingerprint density at radius 3 is 2.71 bits per heavy atom. The fourth-order valence-electron chi connectivity index (χ4n) is 3.31. The van der Waals surface area contributed by atoms with E-state index in [1.165, 1.54) is 34.3 Å². The van der Waals surface area contributed by atoms with Crippen LogP contribution in [0.4, 0.5) is 18.9 Å². The van der Waals surface area contributed by atoms with Crippen molar-refractivity contribution in [3.63, 3.8) is 0 Å². The summed E-state index contributed by atoms with van der Waals surface area (Å²) in [7, 11) is 3.68. The molecule has 0 N–H and O–H groups in total. The zero-order chi connectivity index (χ0) is 22.3. The molecular weight excluding hydrogens is 449 g/mol. The first-order valence-corrected chi connectivity index (χ1v) is 11.0. The topological polar surface area (TPSA) is 77.5 Å². The van der Waals surface area contributed by atoms with Crippen LogP contribution in [0.15, 0.2) is 39.2 Å². The van der Waals surface area contributed by atoms with Crippen LogP contribution in [0.5, 0.6) is 0 Å². The lowest BCUT2D eigenvalue weighted by molar-refractivity contribution is -0.137. The molecule has 12 heteroatoms. The van der Waals surface area contributed by atoms with Crippen LogP contribution < -0.4 is 10.6 Å². The smallest absolute Gasteiger partial charge is 0.302 e. The van der Waals surface area contributed by atoms with E-state index in [0.717, 1.165) is 25.2 Å². The second-order valence-electron chi connectivity index (χ2n) is 7.25. The molecule has 1 saturated heterocycles. The first-order chi connectivity index (χ1) is 14.7. The molecule has 4 rings (SSSR count). The van der Waals surface area contributed by atoms with E-state index in [2.05, 4.69) is 15.1 Å². The third-order valence-electron chi connectivity index (χ3n) is 5.01. The molecule has 31 heavy (non-hydrogen) atoms. The highest BCUT2D eigenvalue weighted by atomic mass is 32.2. The van der Waals surface area contributed by atoms with E-state index in [-0.39, 0.29) is 22.9 Å². The standard InChI is InChI=1S/C19H17F3N6OS2/c1-26-8-14(9-26)28-17(29)16-15(7-24-28)27(2)25-18(31-16)30-10-11-3-4-13(19(20,21)22)5-12(11)6-23/h3-5,7,14H,8-10H2,1-2H3. The van der Waals surface area contributed by atoms with Gasteiger partial charge in [0.15, 0.2) is 4.38 Å². The monoisotopic (exact) mass is 466 g/mol. The van der Waals surface area contributed by atoms with Gasteiger partial charge in [-0.3, -0.25) is 9.80 Å². The number of hydrazone groups is 1. The predicted molar refractivity (Wildman–Crippen MR) is 114 cm³/mol. The molecule has 2 aliphatic rings. The summed E-state index contributed by atoms with van der Waals surface area (Å²) in [5.41, 5.74) is 0.00814. The van der Waals surface area contributed by atoms with Crippen molar-refractivity contribution in [1.29, 1.82) is 5.26 Å². The molecule has 1 aromatic heterocycles. The van der Waals surface area contributed by atoms with Gasteiger partial charge in [-0.2, -0.15) is 28.6 Å². The number of benzene rings is 1. The molecule has 0 bridgehead atoms. The van der Waals surface area contributed by atoms with Gasteiger partial charge in [-0.25, -0.2) is 4.68 Å². The number of nitriles is 1. The van der Waals surface area contributed by atoms with Crippen LogP contribution in [0.1, 0.15) is 22.7 Å². The minimum atomic E-state index is -4.50. The summed E-state index contributed by atoms with van der Waals surface area (Å²) in [4.78, 5) is 15.6. The number of likely N-dealkylation sites (N-methyl/N-ethyl adjacent to an activating group) is 1. The number of nitrogens with zero attached hydrogens (tertiary/aromatic N) is 6. The lowest BCUT2D eigenvalue weighted by Crippen LogP contribution is -2.49. The number of fused-ring (bicyclic) bond motifs is 1. The van der Waals surface area contributed by atoms with Crippen molar-refractivity contribution in [3.05, 3.63) is 51.4 Å². The number of hydrogen-bond acceptors (Lipinski definition) is 8. The SMILES string of the molecule is CN1CC(n2ncc3c(c2=O)SC(SCc2ccc(C(F)(F)F)cc2C#N)=NN3C)C1. The van der Waals surface area contributed by atoms with Gasteiger partial charge in [0, 0.05) is 25.9 Å². The maximum Gasteiger partial charge on any atom is 0.416 e. The summed E-state index contributed by atoms with van der Waals surface area (Å²) < 4.78 is 40.7. The van der Waals surface area contributed by atoms with E-state index in [0.29, 0.717) is 20.5 Å². The molecule has 2 aliphatic heterocycles. The largest absolute Gasteiger partial charge is 0.416 e. The number of anilines is 1. The van der Waals surface area contributed by atoms with Crippen molar-refractivity contribution >= 4 is 33.6 Å². The van der Waals surface area contributed by atoms with Gasteiger partial charge in [-0.1, -0.05) is 29.6 Å². The van der Waals surface area contributed by atoms with Crippen LogP contribution >= 0.6 is 23.5 Å². The predicted octanol–water partition coefficient (Wildman–Crippen LogP) is 3.37. The molecule has 0 radical (unpaired) electrons. The molecule has 2 aromatic rings. The van der Waals surface area contributed by atoms with E-state index >= 15 is 0 Å². The minimum Gasteiger partial charge on any atom is -0.302 e. The van der Waals surface area contributed by atoms with E-state index in [9.17, 15) is 23.2 Å². The number of hydrogen-bond donors (Lipinski definition) is 0. The van der Waals surface area contributed by atoms with Gasteiger partial charge in [0.2, 0.25) is 0 Å². The Balaban J connectivity index is 1.53. The fraction of sp³-hybridized carbons (Fsp3) is 0.368. The Hall–Kier alpha value is -2.49. The van der Waals surface area contributed by atoms with Crippen molar-refractivity contribution < 1.29 is 13.2 Å². The molecule has 0 aliphatic carbocycles. The van der Waals surface area contributed by atoms with Crippen molar-refractivity contribution in [2.75, 3.05) is 32.2 Å². The van der Waals surface area contributed by atoms with Crippen molar-refractivity contribution in [2.24, 2.45) is 5.10 Å². The van der Waals surface area contributed by atoms with Crippen molar-refractivity contribution in [3.8, 4) is 6.07 Å². The third-order valence-corrected chi connectivity index (χ3v) is 7.24. The van der Waals surface area contributed by atoms with Crippen molar-refractivity contribution in [2.45, 2.75) is 22.9 Å². The average molecular weight is 467 g/mol. The third kappa shape index (κ3) is 4.30. The van der Waals surface area contributed by atoms with Crippen LogP contribution in [-0.4, -0.2) is 46.2 Å². The number of aromatic nitrogens is 2. The second-order valence-corrected chi connectivity index (χ2v) is 9.47. The molecule has 0 spiro atoms. The molecule has 3 heterocycles. The maximum atomic E-state index is 13.0. The molecule has 0 unspecified atom stereocenters. The summed E-state index contributed by atoms with van der Waals surface area (Å²) in [6.45, 7) is 1.51. The van der Waals surface area contributed by atoms with E-state index in [4.69, 9.17) is 0 Å². The number of thioether (sulfide) groups is 2. The first-order valence-electron chi connectivity index (χ1n) is 9.21. The lowest BCUT2D eigenvalue weighted by atomic mass is 10.1. The summed E-state index contributed by atoms with van der Waals surface area (Å²) in [6.07, 6.45) is -2.88. The molecular formula is C19H17F3N6OS2. The first kappa shape index (κ1) is 21.7. The highest BCUT2D eigenvalue weighted by Crippen LogP contribution is 2.38. The van der Waals surface area contributed by atoms with Gasteiger partial charge in [0.1, 0.15) is 4.90 Å². The number of halogens is 3. The average Bonchev–Trinajstić information content (AvgIpc) is 2.70. The van der Waals surface area contributed by atoms with Gasteiger partial charge in [-0.15, -0.1) is 0 Å². The Labute approximate surface area is 184 Å². The highest BCUT2D eigenvalue weighted by Gasteiger charge is 2.32. The zero-order valence-corrected chi connectivity index (χ0v) is 18.2. The molecule has 162 valence electrons. The summed E-state index contributed by atoms with van der Waals surface area (Å²) in [5, 5.41) is 19.5. The Kier molecular flexibility index (Phi) is 5.76.